The van der Waals surface area contributed by atoms with Gasteiger partial charge in [-0.2, -0.15) is 0 Å². The molecule has 0 heterocycles. The van der Waals surface area contributed by atoms with Gasteiger partial charge in [-0.15, -0.1) is 0 Å². The van der Waals surface area contributed by atoms with E-state index in [1.807, 2.05) is 24.3 Å². The van der Waals surface area contributed by atoms with Gasteiger partial charge in [-0.05, 0) is 146 Å². The second-order valence-corrected chi connectivity index (χ2v) is 17.3. The van der Waals surface area contributed by atoms with Gasteiger partial charge < -0.3 is 18.9 Å². The number of para-hydroxylation sites is 2. The van der Waals surface area contributed by atoms with E-state index in [0.717, 1.165) is 8.95 Å². The number of halogens is 2. The smallest absolute Gasteiger partial charge is 0.210 e. The molecule has 0 aliphatic rings. The Morgan fingerprint density at radius 2 is 0.574 bits per heavy atom. The van der Waals surface area contributed by atoms with Crippen LogP contribution in [0.3, 0.4) is 0 Å². The number of benzene rings is 7. The van der Waals surface area contributed by atoms with Crippen LogP contribution in [0.4, 0.5) is 0 Å². The summed E-state index contributed by atoms with van der Waals surface area (Å²) in [6.07, 6.45) is 0. The number of sulfone groups is 2. The first-order chi connectivity index (χ1) is 26.0. The minimum Gasteiger partial charge on any atom is -0.457 e. The molecule has 0 amide bonds. The summed E-state index contributed by atoms with van der Waals surface area (Å²) in [4.78, 5) is 0.256. The first-order valence-corrected chi connectivity index (χ1v) is 20.8. The third-order valence-electron chi connectivity index (χ3n) is 7.92. The molecule has 54 heavy (non-hydrogen) atoms. The highest BCUT2D eigenvalue weighted by Gasteiger charge is 2.24. The summed E-state index contributed by atoms with van der Waals surface area (Å²) in [5, 5.41) is 0. The number of rotatable bonds is 12. The molecule has 0 unspecified atom stereocenters. The van der Waals surface area contributed by atoms with Crippen LogP contribution < -0.4 is 18.9 Å². The van der Waals surface area contributed by atoms with Crippen molar-refractivity contribution in [3.05, 3.63) is 179 Å². The highest BCUT2D eigenvalue weighted by molar-refractivity contribution is 9.10. The molecule has 0 spiro atoms. The number of hydrogen-bond donors (Lipinski definition) is 0. The van der Waals surface area contributed by atoms with E-state index in [2.05, 4.69) is 31.9 Å². The zero-order chi connectivity index (χ0) is 37.7. The zero-order valence-corrected chi connectivity index (χ0v) is 32.8. The fourth-order valence-corrected chi connectivity index (χ4v) is 8.54. The van der Waals surface area contributed by atoms with Gasteiger partial charge in [0, 0.05) is 8.95 Å². The average molecular weight is 885 g/mol. The van der Waals surface area contributed by atoms with Crippen LogP contribution in [-0.4, -0.2) is 16.8 Å². The van der Waals surface area contributed by atoms with Gasteiger partial charge >= 0.3 is 0 Å². The van der Waals surface area contributed by atoms with Gasteiger partial charge in [-0.25, -0.2) is 16.8 Å². The molecule has 7 aromatic rings. The van der Waals surface area contributed by atoms with Crippen LogP contribution >= 0.6 is 31.9 Å². The fourth-order valence-electron chi connectivity index (χ4n) is 5.25. The Morgan fingerprint density at radius 3 is 0.907 bits per heavy atom. The first kappa shape index (κ1) is 36.9. The monoisotopic (exact) mass is 882 g/mol. The topological polar surface area (TPSA) is 105 Å². The van der Waals surface area contributed by atoms with Crippen molar-refractivity contribution in [2.45, 2.75) is 19.6 Å². The van der Waals surface area contributed by atoms with Gasteiger partial charge in [-0.3, -0.25) is 0 Å². The third-order valence-corrected chi connectivity index (χ3v) is 12.6. The van der Waals surface area contributed by atoms with Crippen LogP contribution in [0.2, 0.25) is 0 Å². The summed E-state index contributed by atoms with van der Waals surface area (Å²) in [7, 11) is -7.82. The van der Waals surface area contributed by atoms with Crippen LogP contribution in [0.1, 0.15) is 0 Å². The quantitative estimate of drug-likeness (QED) is 0.119. The van der Waals surface area contributed by atoms with Crippen molar-refractivity contribution in [2.75, 3.05) is 0 Å². The average Bonchev–Trinajstić information content (AvgIpc) is 3.18. The van der Waals surface area contributed by atoms with Crippen molar-refractivity contribution < 1.29 is 35.8 Å². The second-order valence-electron chi connectivity index (χ2n) is 11.6. The minimum absolute atomic E-state index is 0.0426. The van der Waals surface area contributed by atoms with E-state index in [1.165, 1.54) is 36.4 Å². The molecule has 0 saturated heterocycles. The van der Waals surface area contributed by atoms with Crippen molar-refractivity contribution in [2.24, 2.45) is 0 Å². The summed E-state index contributed by atoms with van der Waals surface area (Å²) >= 11 is 6.77. The van der Waals surface area contributed by atoms with E-state index < -0.39 is 19.7 Å². The lowest BCUT2D eigenvalue weighted by atomic mass is 10.3. The molecule has 8 nitrogen and oxygen atoms in total. The van der Waals surface area contributed by atoms with Gasteiger partial charge in [0.25, 0.3) is 0 Å². The molecular weight excluding hydrogens is 856 g/mol. The number of ether oxygens (including phenoxy) is 4. The highest BCUT2D eigenvalue weighted by Crippen LogP contribution is 2.36. The second kappa shape index (κ2) is 15.9. The summed E-state index contributed by atoms with van der Waals surface area (Å²) < 4.78 is 79.9. The van der Waals surface area contributed by atoms with E-state index in [9.17, 15) is 16.8 Å². The van der Waals surface area contributed by atoms with E-state index in [-0.39, 0.29) is 31.1 Å². The Balaban J connectivity index is 0.991. The lowest BCUT2D eigenvalue weighted by Gasteiger charge is -2.13. The zero-order valence-electron chi connectivity index (χ0n) is 28.0. The molecular formula is C42H28Br2O8S2. The highest BCUT2D eigenvalue weighted by atomic mass is 79.9. The van der Waals surface area contributed by atoms with Crippen molar-refractivity contribution in [1.82, 2.24) is 0 Å². The molecule has 0 fully saturated rings. The molecule has 0 saturated carbocycles. The third kappa shape index (κ3) is 8.53. The summed E-state index contributed by atoms with van der Waals surface area (Å²) in [5.41, 5.74) is 0. The fraction of sp³-hybridized carbons (Fsp3) is 0. The molecule has 7 rings (SSSR count). The van der Waals surface area contributed by atoms with Gasteiger partial charge in [0.1, 0.15) is 55.8 Å². The van der Waals surface area contributed by atoms with Crippen LogP contribution in [0.5, 0.6) is 46.0 Å². The lowest BCUT2D eigenvalue weighted by Crippen LogP contribution is -2.04. The van der Waals surface area contributed by atoms with Gasteiger partial charge in [-0.1, -0.05) is 56.1 Å². The largest absolute Gasteiger partial charge is 0.457 e. The maximum absolute atomic E-state index is 13.6. The van der Waals surface area contributed by atoms with Crippen LogP contribution in [0.25, 0.3) is 0 Å². The van der Waals surface area contributed by atoms with Gasteiger partial charge in [0.2, 0.25) is 19.7 Å². The standard InChI is InChI=1S/C42H28Br2O8S2/c43-29-9-13-35(14-10-29)51-39-5-1-3-7-41(39)53(45,46)37-25-21-33(22-26-37)49-31-17-19-32(20-18-31)50-34-23-27-38(28-24-34)54(47,48)42-8-4-2-6-40(42)52-36-15-11-30(44)12-16-36/h1-28H. The number of hydrogen-bond acceptors (Lipinski definition) is 8. The van der Waals surface area contributed by atoms with E-state index in [4.69, 9.17) is 18.9 Å². The van der Waals surface area contributed by atoms with Crippen LogP contribution in [-0.2, 0) is 19.7 Å². The van der Waals surface area contributed by atoms with Crippen LogP contribution in [0.15, 0.2) is 198 Å². The predicted octanol–water partition coefficient (Wildman–Crippen LogP) is 12.0. The Kier molecular flexibility index (Phi) is 10.9. The van der Waals surface area contributed by atoms with E-state index >= 15 is 0 Å². The normalized spacial score (nSPS) is 11.4. The minimum atomic E-state index is -3.91. The molecule has 0 aromatic heterocycles. The van der Waals surface area contributed by atoms with Crippen molar-refractivity contribution in [3.63, 3.8) is 0 Å². The van der Waals surface area contributed by atoms with Gasteiger partial charge in [0.05, 0.1) is 9.79 Å². The molecule has 0 N–H and O–H groups in total. The Hall–Kier alpha value is -5.40. The van der Waals surface area contributed by atoms with E-state index in [1.54, 1.807) is 109 Å². The van der Waals surface area contributed by atoms with Crippen molar-refractivity contribution in [3.8, 4) is 46.0 Å². The Labute approximate surface area is 329 Å². The van der Waals surface area contributed by atoms with Crippen LogP contribution in [0, 0.1) is 0 Å². The molecule has 0 aliphatic heterocycles. The Bertz CT molecular complexity index is 2430. The summed E-state index contributed by atoms with van der Waals surface area (Å²) in [6.45, 7) is 0. The molecule has 12 heteroatoms. The molecule has 0 aliphatic carbocycles. The first-order valence-electron chi connectivity index (χ1n) is 16.3. The summed E-state index contributed by atoms with van der Waals surface area (Å²) in [6, 6.07) is 46.3. The lowest BCUT2D eigenvalue weighted by molar-refractivity contribution is 0.466. The maximum atomic E-state index is 13.6. The molecule has 270 valence electrons. The molecule has 0 radical (unpaired) electrons. The molecule has 7 aromatic carbocycles. The van der Waals surface area contributed by atoms with Crippen molar-refractivity contribution in [1.29, 1.82) is 0 Å². The maximum Gasteiger partial charge on any atom is 0.210 e. The predicted molar refractivity (Wildman–Crippen MR) is 212 cm³/mol. The van der Waals surface area contributed by atoms with Crippen molar-refractivity contribution >= 4 is 51.5 Å². The van der Waals surface area contributed by atoms with E-state index in [0.29, 0.717) is 34.5 Å². The van der Waals surface area contributed by atoms with Gasteiger partial charge in [0.15, 0.2) is 0 Å². The molecule has 0 atom stereocenters. The Morgan fingerprint density at radius 1 is 0.315 bits per heavy atom. The SMILES string of the molecule is O=S(=O)(c1ccc(Oc2ccc(Oc3ccc(S(=O)(=O)c4ccccc4Oc4ccc(Br)cc4)cc3)cc2)cc1)c1ccccc1Oc1ccc(Br)cc1. The molecule has 0 bridgehead atoms. The summed E-state index contributed by atoms with van der Waals surface area (Å²) in [5.74, 6) is 3.30.